The van der Waals surface area contributed by atoms with E-state index in [4.69, 9.17) is 0 Å². The molecule has 114 valence electrons. The highest BCUT2D eigenvalue weighted by Gasteiger charge is 2.21. The number of amides is 2. The van der Waals surface area contributed by atoms with Crippen LogP contribution in [0.2, 0.25) is 0 Å². The Balaban J connectivity index is 1.45. The summed E-state index contributed by atoms with van der Waals surface area (Å²) in [5, 5.41) is 6.53. The third-order valence-corrected chi connectivity index (χ3v) is 4.60. The van der Waals surface area contributed by atoms with Crippen molar-refractivity contribution in [3.05, 3.63) is 29.8 Å². The maximum absolute atomic E-state index is 12.2. The largest absolute Gasteiger partial charge is 0.384 e. The Labute approximate surface area is 126 Å². The molecule has 21 heavy (non-hydrogen) atoms. The fourth-order valence-electron chi connectivity index (χ4n) is 3.35. The van der Waals surface area contributed by atoms with Crippen LogP contribution < -0.4 is 10.6 Å². The average Bonchev–Trinajstić information content (AvgIpc) is 2.74. The number of benzene rings is 1. The number of carbonyl (C=O) groups is 1. The SMILES string of the molecule is O=C(NCCC1CNc2ccccc21)N1CCCCCC1. The molecule has 2 heterocycles. The van der Waals surface area contributed by atoms with E-state index in [1.54, 1.807) is 0 Å². The Morgan fingerprint density at radius 1 is 1.19 bits per heavy atom. The van der Waals surface area contributed by atoms with E-state index in [2.05, 4.69) is 34.9 Å². The number of nitrogens with one attached hydrogen (secondary N) is 2. The molecule has 0 bridgehead atoms. The molecule has 0 aliphatic carbocycles. The molecule has 1 unspecified atom stereocenters. The van der Waals surface area contributed by atoms with Gasteiger partial charge in [0, 0.05) is 37.8 Å². The summed E-state index contributed by atoms with van der Waals surface area (Å²) < 4.78 is 0. The summed E-state index contributed by atoms with van der Waals surface area (Å²) in [6.07, 6.45) is 5.81. The van der Waals surface area contributed by atoms with E-state index in [0.717, 1.165) is 45.4 Å². The Hall–Kier alpha value is -1.71. The number of likely N-dealkylation sites (tertiary alicyclic amines) is 1. The number of fused-ring (bicyclic) bond motifs is 1. The van der Waals surface area contributed by atoms with Crippen LogP contribution in [-0.2, 0) is 0 Å². The van der Waals surface area contributed by atoms with Crippen molar-refractivity contribution < 1.29 is 4.79 Å². The van der Waals surface area contributed by atoms with Crippen LogP contribution in [0.5, 0.6) is 0 Å². The van der Waals surface area contributed by atoms with Gasteiger partial charge in [-0.1, -0.05) is 31.0 Å². The molecule has 3 rings (SSSR count). The first-order valence-electron chi connectivity index (χ1n) is 8.20. The third-order valence-electron chi connectivity index (χ3n) is 4.60. The topological polar surface area (TPSA) is 44.4 Å². The van der Waals surface area contributed by atoms with E-state index in [1.807, 2.05) is 4.90 Å². The monoisotopic (exact) mass is 287 g/mol. The van der Waals surface area contributed by atoms with Gasteiger partial charge in [0.25, 0.3) is 0 Å². The normalized spacial score (nSPS) is 21.3. The van der Waals surface area contributed by atoms with Crippen molar-refractivity contribution in [2.45, 2.75) is 38.0 Å². The van der Waals surface area contributed by atoms with Crippen molar-refractivity contribution in [3.8, 4) is 0 Å². The zero-order valence-corrected chi connectivity index (χ0v) is 12.6. The van der Waals surface area contributed by atoms with Gasteiger partial charge in [-0.2, -0.15) is 0 Å². The second-order valence-electron chi connectivity index (χ2n) is 6.09. The van der Waals surface area contributed by atoms with E-state index in [9.17, 15) is 4.79 Å². The van der Waals surface area contributed by atoms with Crippen molar-refractivity contribution in [3.63, 3.8) is 0 Å². The van der Waals surface area contributed by atoms with Gasteiger partial charge < -0.3 is 15.5 Å². The van der Waals surface area contributed by atoms with Crippen LogP contribution in [0.4, 0.5) is 10.5 Å². The summed E-state index contributed by atoms with van der Waals surface area (Å²) in [4.78, 5) is 14.1. The van der Waals surface area contributed by atoms with Gasteiger partial charge in [0.15, 0.2) is 0 Å². The van der Waals surface area contributed by atoms with Crippen LogP contribution in [0.25, 0.3) is 0 Å². The second-order valence-corrected chi connectivity index (χ2v) is 6.09. The lowest BCUT2D eigenvalue weighted by molar-refractivity contribution is 0.199. The van der Waals surface area contributed by atoms with Gasteiger partial charge in [0.2, 0.25) is 0 Å². The number of nitrogens with zero attached hydrogens (tertiary/aromatic N) is 1. The van der Waals surface area contributed by atoms with E-state index in [0.29, 0.717) is 5.92 Å². The lowest BCUT2D eigenvalue weighted by atomic mass is 9.98. The van der Waals surface area contributed by atoms with Gasteiger partial charge in [0.1, 0.15) is 0 Å². The van der Waals surface area contributed by atoms with Crippen molar-refractivity contribution >= 4 is 11.7 Å². The Bertz CT molecular complexity index is 481. The minimum absolute atomic E-state index is 0.121. The summed E-state index contributed by atoms with van der Waals surface area (Å²) in [6, 6.07) is 8.60. The highest BCUT2D eigenvalue weighted by molar-refractivity contribution is 5.74. The summed E-state index contributed by atoms with van der Waals surface area (Å²) >= 11 is 0. The fraction of sp³-hybridized carbons (Fsp3) is 0.588. The number of rotatable bonds is 3. The molecule has 4 nitrogen and oxygen atoms in total. The van der Waals surface area contributed by atoms with E-state index >= 15 is 0 Å². The van der Waals surface area contributed by atoms with Crippen LogP contribution in [0.15, 0.2) is 24.3 Å². The Morgan fingerprint density at radius 3 is 2.76 bits per heavy atom. The second kappa shape index (κ2) is 6.83. The minimum Gasteiger partial charge on any atom is -0.384 e. The fourth-order valence-corrected chi connectivity index (χ4v) is 3.35. The molecule has 1 fully saturated rings. The summed E-state index contributed by atoms with van der Waals surface area (Å²) in [5.74, 6) is 0.519. The first-order chi connectivity index (χ1) is 10.3. The molecule has 1 aromatic rings. The molecule has 1 atom stereocenters. The zero-order valence-electron chi connectivity index (χ0n) is 12.6. The maximum Gasteiger partial charge on any atom is 0.317 e. The molecule has 1 saturated heterocycles. The Kier molecular flexibility index (Phi) is 4.63. The molecule has 0 saturated carbocycles. The van der Waals surface area contributed by atoms with Gasteiger partial charge in [0.05, 0.1) is 0 Å². The lowest BCUT2D eigenvalue weighted by Crippen LogP contribution is -2.41. The first kappa shape index (κ1) is 14.2. The van der Waals surface area contributed by atoms with Crippen LogP contribution in [0.3, 0.4) is 0 Å². The minimum atomic E-state index is 0.121. The van der Waals surface area contributed by atoms with Crippen LogP contribution in [0.1, 0.15) is 43.6 Å². The Morgan fingerprint density at radius 2 is 1.95 bits per heavy atom. The van der Waals surface area contributed by atoms with Gasteiger partial charge in [-0.05, 0) is 30.9 Å². The number of hydrogen-bond donors (Lipinski definition) is 2. The first-order valence-corrected chi connectivity index (χ1v) is 8.20. The highest BCUT2D eigenvalue weighted by atomic mass is 16.2. The zero-order chi connectivity index (χ0) is 14.5. The van der Waals surface area contributed by atoms with Gasteiger partial charge in [-0.15, -0.1) is 0 Å². The highest BCUT2D eigenvalue weighted by Crippen LogP contribution is 2.32. The molecule has 1 aromatic carbocycles. The predicted octanol–water partition coefficient (Wildman–Crippen LogP) is 3.17. The van der Waals surface area contributed by atoms with Crippen molar-refractivity contribution in [2.24, 2.45) is 0 Å². The molecule has 2 N–H and O–H groups in total. The van der Waals surface area contributed by atoms with Gasteiger partial charge in [-0.25, -0.2) is 4.79 Å². The lowest BCUT2D eigenvalue weighted by Gasteiger charge is -2.21. The average molecular weight is 287 g/mol. The molecule has 4 heteroatoms. The van der Waals surface area contributed by atoms with E-state index < -0.39 is 0 Å². The summed E-state index contributed by atoms with van der Waals surface area (Å²) in [7, 11) is 0. The molecule has 2 amide bonds. The molecule has 0 aromatic heterocycles. The molecule has 2 aliphatic rings. The van der Waals surface area contributed by atoms with Gasteiger partial charge >= 0.3 is 6.03 Å². The molecular weight excluding hydrogens is 262 g/mol. The van der Waals surface area contributed by atoms with Gasteiger partial charge in [-0.3, -0.25) is 0 Å². The maximum atomic E-state index is 12.2. The predicted molar refractivity (Wildman–Crippen MR) is 85.7 cm³/mol. The van der Waals surface area contributed by atoms with Crippen LogP contribution >= 0.6 is 0 Å². The number of anilines is 1. The van der Waals surface area contributed by atoms with E-state index in [-0.39, 0.29) is 6.03 Å². The van der Waals surface area contributed by atoms with Crippen LogP contribution in [0, 0.1) is 0 Å². The number of urea groups is 1. The molecular formula is C17H25N3O. The summed E-state index contributed by atoms with van der Waals surface area (Å²) in [6.45, 7) is 3.58. The quantitative estimate of drug-likeness (QED) is 0.897. The smallest absolute Gasteiger partial charge is 0.317 e. The number of hydrogen-bond acceptors (Lipinski definition) is 2. The van der Waals surface area contributed by atoms with Crippen molar-refractivity contribution in [1.29, 1.82) is 0 Å². The molecule has 2 aliphatic heterocycles. The van der Waals surface area contributed by atoms with Crippen LogP contribution in [-0.4, -0.2) is 37.1 Å². The standard InChI is InChI=1S/C17H25N3O/c21-17(20-11-5-1-2-6-12-20)18-10-9-14-13-19-16-8-4-3-7-15(14)16/h3-4,7-8,14,19H,1-2,5-6,9-13H2,(H,18,21). The van der Waals surface area contributed by atoms with E-state index in [1.165, 1.54) is 24.1 Å². The number of para-hydroxylation sites is 1. The third kappa shape index (κ3) is 3.49. The molecule has 0 spiro atoms. The van der Waals surface area contributed by atoms with Crippen molar-refractivity contribution in [1.82, 2.24) is 10.2 Å². The summed E-state index contributed by atoms with van der Waals surface area (Å²) in [5.41, 5.74) is 2.64. The molecule has 0 radical (unpaired) electrons. The van der Waals surface area contributed by atoms with Crippen molar-refractivity contribution in [2.75, 3.05) is 31.5 Å². The number of carbonyl (C=O) groups excluding carboxylic acids is 1.